The van der Waals surface area contributed by atoms with E-state index in [1.807, 2.05) is 0 Å². The van der Waals surface area contributed by atoms with Crippen molar-refractivity contribution in [3.63, 3.8) is 0 Å². The lowest BCUT2D eigenvalue weighted by Gasteiger charge is -2.15. The van der Waals surface area contributed by atoms with Crippen LogP contribution in [-0.2, 0) is 22.0 Å². The van der Waals surface area contributed by atoms with Gasteiger partial charge in [-0.2, -0.15) is 5.10 Å². The highest BCUT2D eigenvalue weighted by molar-refractivity contribution is 5.90. The summed E-state index contributed by atoms with van der Waals surface area (Å²) in [5.41, 5.74) is 3.89. The highest BCUT2D eigenvalue weighted by atomic mass is 19.3. The normalized spacial score (nSPS) is 27.3. The van der Waals surface area contributed by atoms with Crippen molar-refractivity contribution < 1.29 is 28.6 Å². The number of primary amides is 1. The summed E-state index contributed by atoms with van der Waals surface area (Å²) in [6, 6.07) is 2.63. The first-order valence-electron chi connectivity index (χ1n) is 14.8. The Bertz CT molecular complexity index is 1930. The fraction of sp³-hybridized carbons (Fsp3) is 0.462. The minimum absolute atomic E-state index is 0.00991. The summed E-state index contributed by atoms with van der Waals surface area (Å²) >= 11 is 0. The molecule has 4 unspecified atom stereocenters. The van der Waals surface area contributed by atoms with E-state index in [1.165, 1.54) is 23.9 Å². The molecule has 13 nitrogen and oxygen atoms in total. The quantitative estimate of drug-likeness (QED) is 0.303. The Morgan fingerprint density at radius 3 is 2.78 bits per heavy atom. The van der Waals surface area contributed by atoms with E-state index in [-0.39, 0.29) is 47.6 Å². The van der Waals surface area contributed by atoms with Crippen LogP contribution in [0.3, 0.4) is 0 Å². The number of fused-ring (bicyclic) bond motifs is 2. The number of methoxy groups -OCH3 is 1. The van der Waals surface area contributed by atoms with Crippen LogP contribution in [-0.4, -0.2) is 60.4 Å². The van der Waals surface area contributed by atoms with Crippen LogP contribution in [0.4, 0.5) is 25.2 Å². The van der Waals surface area contributed by atoms with Gasteiger partial charge in [0.25, 0.3) is 0 Å². The largest absolute Gasteiger partial charge is 0.453 e. The standard InChI is InChI=1S/C26H29F2N9O4/c1-12-15-6-7-19(33-22(15)37(34-12)26(23(29)38)10-16(26)21(27)28)32-20-9-17-18(11-30-20)35(2)25(40)36(17)14-5-4-13(8-14)31-24(39)41-3/h6-7,9,11,13-14,16,21H,4-5,8,10H2,1-3H3,(H2,29,38)(H,31,39)(H,30,32,33)/i2D3,13D. The summed E-state index contributed by atoms with van der Waals surface area (Å²) in [7, 11) is 1.17. The van der Waals surface area contributed by atoms with Crippen LogP contribution in [0.2, 0.25) is 0 Å². The van der Waals surface area contributed by atoms with Gasteiger partial charge in [0.15, 0.2) is 11.2 Å². The first-order valence-corrected chi connectivity index (χ1v) is 12.8. The molecule has 0 aromatic carbocycles. The molecule has 4 atom stereocenters. The van der Waals surface area contributed by atoms with Crippen molar-refractivity contribution in [2.24, 2.45) is 18.6 Å². The minimum Gasteiger partial charge on any atom is -0.453 e. The molecule has 2 amide bonds. The van der Waals surface area contributed by atoms with Crippen molar-refractivity contribution in [2.75, 3.05) is 12.4 Å². The molecule has 2 saturated carbocycles. The molecule has 2 aliphatic rings. The molecule has 0 bridgehead atoms. The minimum atomic E-state index is -2.84. The zero-order valence-corrected chi connectivity index (χ0v) is 22.0. The van der Waals surface area contributed by atoms with Gasteiger partial charge in [-0.1, -0.05) is 0 Å². The number of carbonyl (C=O) groups excluding carboxylic acids is 2. The molecule has 0 spiro atoms. The van der Waals surface area contributed by atoms with Gasteiger partial charge < -0.3 is 21.1 Å². The molecule has 2 aliphatic carbocycles. The van der Waals surface area contributed by atoms with Gasteiger partial charge in [-0.3, -0.25) is 13.9 Å². The van der Waals surface area contributed by atoms with E-state index in [4.69, 9.17) is 11.2 Å². The maximum absolute atomic E-state index is 13.6. The number of anilines is 2. The number of pyridine rings is 2. The van der Waals surface area contributed by atoms with Crippen molar-refractivity contribution in [2.45, 2.75) is 56.6 Å². The second-order valence-corrected chi connectivity index (χ2v) is 10.3. The van der Waals surface area contributed by atoms with Crippen LogP contribution >= 0.6 is 0 Å². The average Bonchev–Trinajstić information content (AvgIpc) is 3.36. The number of nitrogens with zero attached hydrogens (tertiary/aromatic N) is 6. The van der Waals surface area contributed by atoms with Gasteiger partial charge >= 0.3 is 11.8 Å². The molecule has 0 radical (unpaired) electrons. The Kier molecular flexibility index (Phi) is 5.15. The molecule has 216 valence electrons. The monoisotopic (exact) mass is 573 g/mol. The molecule has 41 heavy (non-hydrogen) atoms. The summed E-state index contributed by atoms with van der Waals surface area (Å²) < 4.78 is 67.5. The van der Waals surface area contributed by atoms with Gasteiger partial charge in [0.05, 0.1) is 37.3 Å². The van der Waals surface area contributed by atoms with Crippen LogP contribution in [0, 0.1) is 12.8 Å². The lowest BCUT2D eigenvalue weighted by molar-refractivity contribution is -0.124. The molecule has 4 heterocycles. The van der Waals surface area contributed by atoms with Crippen molar-refractivity contribution >= 4 is 45.7 Å². The van der Waals surface area contributed by atoms with E-state index in [0.29, 0.717) is 22.1 Å². The molecule has 0 aliphatic heterocycles. The summed E-state index contributed by atoms with van der Waals surface area (Å²) in [5.74, 6) is -1.88. The Morgan fingerprint density at radius 1 is 1.29 bits per heavy atom. The molecule has 6 rings (SSSR count). The molecule has 15 heteroatoms. The Morgan fingerprint density at radius 2 is 2.10 bits per heavy atom. The highest BCUT2D eigenvalue weighted by Crippen LogP contribution is 2.54. The number of nitrogens with one attached hydrogen (secondary N) is 2. The number of halogens is 2. The molecule has 0 saturated heterocycles. The van der Waals surface area contributed by atoms with Gasteiger partial charge in [-0.25, -0.2) is 33.0 Å². The fourth-order valence-corrected chi connectivity index (χ4v) is 5.72. The van der Waals surface area contributed by atoms with Crippen LogP contribution < -0.4 is 22.1 Å². The summed E-state index contributed by atoms with van der Waals surface area (Å²) in [5, 5.41) is 10.3. The van der Waals surface area contributed by atoms with Crippen molar-refractivity contribution in [1.82, 2.24) is 34.2 Å². The molecule has 2 fully saturated rings. The summed E-state index contributed by atoms with van der Waals surface area (Å²) in [6.45, 7) is -1.18. The zero-order valence-electron chi connectivity index (χ0n) is 26.0. The fourth-order valence-electron chi connectivity index (χ4n) is 5.72. The summed E-state index contributed by atoms with van der Waals surface area (Å²) in [4.78, 5) is 46.5. The van der Waals surface area contributed by atoms with E-state index in [0.717, 1.165) is 4.68 Å². The van der Waals surface area contributed by atoms with Gasteiger partial charge in [-0.15, -0.1) is 0 Å². The number of rotatable bonds is 7. The number of imidazole rings is 1. The van der Waals surface area contributed by atoms with Crippen LogP contribution in [0.1, 0.15) is 42.9 Å². The van der Waals surface area contributed by atoms with Gasteiger partial charge in [-0.05, 0) is 44.7 Å². The molecule has 4 aromatic rings. The number of alkyl carbamates (subject to hydrolysis) is 1. The maximum Gasteiger partial charge on any atom is 0.407 e. The van der Waals surface area contributed by atoms with Gasteiger partial charge in [0.2, 0.25) is 12.3 Å². The maximum atomic E-state index is 13.6. The van der Waals surface area contributed by atoms with Gasteiger partial charge in [0.1, 0.15) is 11.6 Å². The first kappa shape index (κ1) is 22.2. The highest BCUT2D eigenvalue weighted by Gasteiger charge is 2.66. The number of nitrogens with two attached hydrogens (primary N) is 1. The number of aromatic nitrogens is 6. The predicted octanol–water partition coefficient (Wildman–Crippen LogP) is 2.45. The number of aryl methyl sites for hydroxylation is 2. The average molecular weight is 574 g/mol. The number of hydrogen-bond acceptors (Lipinski definition) is 8. The van der Waals surface area contributed by atoms with Gasteiger partial charge in [0, 0.05) is 34.6 Å². The SMILES string of the molecule is [2H]C1(NC(=O)OC)CCC(n2c(=O)n(C([2H])([2H])[2H])c3cnc(Nc4ccc5c(C)nn(C6(C(N)=O)CC6C(F)F)c5n4)cc32)C1. The first-order chi connectivity index (χ1) is 21.1. The topological polar surface area (TPSA) is 164 Å². The Balaban J connectivity index is 1.40. The van der Waals surface area contributed by atoms with Crippen molar-refractivity contribution in [3.05, 3.63) is 40.6 Å². The van der Waals surface area contributed by atoms with Crippen LogP contribution in [0.25, 0.3) is 22.1 Å². The number of amides is 2. The van der Waals surface area contributed by atoms with E-state index >= 15 is 0 Å². The molecule has 4 aromatic heterocycles. The van der Waals surface area contributed by atoms with E-state index in [9.17, 15) is 23.2 Å². The smallest absolute Gasteiger partial charge is 0.407 e. The third kappa shape index (κ3) is 4.17. The molecular formula is C26H29F2N9O4. The van der Waals surface area contributed by atoms with Crippen molar-refractivity contribution in [3.8, 4) is 0 Å². The number of carbonyl (C=O) groups is 2. The molecular weight excluding hydrogens is 540 g/mol. The predicted molar refractivity (Wildman–Crippen MR) is 144 cm³/mol. The Labute approximate surface area is 237 Å². The van der Waals surface area contributed by atoms with E-state index in [1.54, 1.807) is 19.1 Å². The number of ether oxygens (including phenoxy) is 1. The van der Waals surface area contributed by atoms with Crippen LogP contribution in [0.5, 0.6) is 0 Å². The van der Waals surface area contributed by atoms with Crippen LogP contribution in [0.15, 0.2) is 29.2 Å². The van der Waals surface area contributed by atoms with E-state index in [2.05, 4.69) is 30.4 Å². The number of alkyl halides is 2. The number of hydrogen-bond donors (Lipinski definition) is 3. The summed E-state index contributed by atoms with van der Waals surface area (Å²) in [6.07, 6.45) is -2.05. The lowest BCUT2D eigenvalue weighted by atomic mass is 10.2. The zero-order chi connectivity index (χ0) is 32.6. The third-order valence-electron chi connectivity index (χ3n) is 7.92. The molecule has 4 N–H and O–H groups in total. The Hall–Kier alpha value is -4.56. The second-order valence-electron chi connectivity index (χ2n) is 10.3. The third-order valence-corrected chi connectivity index (χ3v) is 7.92. The second kappa shape index (κ2) is 9.52. The lowest BCUT2D eigenvalue weighted by Crippen LogP contribution is -2.38. The van der Waals surface area contributed by atoms with Crippen molar-refractivity contribution in [1.29, 1.82) is 0 Å². The van der Waals surface area contributed by atoms with E-state index < -0.39 is 54.6 Å².